The summed E-state index contributed by atoms with van der Waals surface area (Å²) in [5.74, 6) is -1.51. The molecule has 80 valence electrons. The van der Waals surface area contributed by atoms with Crippen molar-refractivity contribution in [2.45, 2.75) is 31.7 Å². The summed E-state index contributed by atoms with van der Waals surface area (Å²) in [4.78, 5) is 11.0. The standard InChI is InChI=1S/C10H16FNO2/c1-7(11)10(5-3-4-6-10)8(12-2)9(13)14/h8,12H,1,3-6H2,2H3,(H,13,14). The molecule has 1 aliphatic carbocycles. The van der Waals surface area contributed by atoms with E-state index in [-0.39, 0.29) is 0 Å². The van der Waals surface area contributed by atoms with Crippen LogP contribution in [0.5, 0.6) is 0 Å². The number of carbonyl (C=O) groups is 1. The van der Waals surface area contributed by atoms with Gasteiger partial charge in [0.1, 0.15) is 11.9 Å². The number of rotatable bonds is 4. The molecule has 0 spiro atoms. The molecule has 1 aliphatic rings. The number of carboxylic acid groups (broad SMARTS) is 1. The van der Waals surface area contributed by atoms with Crippen molar-refractivity contribution in [3.63, 3.8) is 0 Å². The minimum absolute atomic E-state index is 0.503. The fraction of sp³-hybridized carbons (Fsp3) is 0.700. The Labute approximate surface area is 83.0 Å². The van der Waals surface area contributed by atoms with Crippen LogP contribution in [0.25, 0.3) is 0 Å². The van der Waals surface area contributed by atoms with E-state index in [1.165, 1.54) is 0 Å². The Hall–Kier alpha value is -0.900. The van der Waals surface area contributed by atoms with Gasteiger partial charge in [0, 0.05) is 5.41 Å². The molecule has 1 unspecified atom stereocenters. The lowest BCUT2D eigenvalue weighted by atomic mass is 9.77. The van der Waals surface area contributed by atoms with E-state index in [4.69, 9.17) is 5.11 Å². The molecule has 0 radical (unpaired) electrons. The molecule has 3 nitrogen and oxygen atoms in total. The van der Waals surface area contributed by atoms with Crippen LogP contribution < -0.4 is 5.32 Å². The zero-order valence-electron chi connectivity index (χ0n) is 8.35. The Kier molecular flexibility index (Phi) is 3.26. The number of nitrogens with one attached hydrogen (secondary N) is 1. The molecule has 0 aromatic heterocycles. The molecule has 0 aliphatic heterocycles. The van der Waals surface area contributed by atoms with Gasteiger partial charge in [-0.2, -0.15) is 0 Å². The second kappa shape index (κ2) is 4.09. The van der Waals surface area contributed by atoms with Crippen LogP contribution >= 0.6 is 0 Å². The quantitative estimate of drug-likeness (QED) is 0.727. The van der Waals surface area contributed by atoms with Crippen LogP contribution in [0.2, 0.25) is 0 Å². The lowest BCUT2D eigenvalue weighted by molar-refractivity contribution is -0.142. The summed E-state index contributed by atoms with van der Waals surface area (Å²) in [5, 5.41) is 11.6. The molecule has 0 saturated heterocycles. The van der Waals surface area contributed by atoms with E-state index in [1.807, 2.05) is 0 Å². The molecule has 1 fully saturated rings. The monoisotopic (exact) mass is 201 g/mol. The molecular formula is C10H16FNO2. The summed E-state index contributed by atoms with van der Waals surface area (Å²) < 4.78 is 13.4. The highest BCUT2D eigenvalue weighted by molar-refractivity contribution is 5.75. The molecule has 0 bridgehead atoms. The third-order valence-electron chi connectivity index (χ3n) is 3.12. The number of likely N-dealkylation sites (N-methyl/N-ethyl adjacent to an activating group) is 1. The number of carboxylic acids is 1. The molecule has 0 amide bonds. The molecule has 0 heterocycles. The van der Waals surface area contributed by atoms with Gasteiger partial charge in [-0.15, -0.1) is 0 Å². The molecule has 2 N–H and O–H groups in total. The minimum atomic E-state index is -1.01. The normalized spacial score (nSPS) is 21.9. The van der Waals surface area contributed by atoms with Crippen LogP contribution in [0, 0.1) is 5.41 Å². The summed E-state index contributed by atoms with van der Waals surface area (Å²) in [7, 11) is 1.54. The summed E-state index contributed by atoms with van der Waals surface area (Å²) in [6.07, 6.45) is 2.88. The second-order valence-electron chi connectivity index (χ2n) is 3.83. The van der Waals surface area contributed by atoms with Gasteiger partial charge in [-0.05, 0) is 19.9 Å². The summed E-state index contributed by atoms with van der Waals surface area (Å²) in [6, 6.07) is -0.859. The van der Waals surface area contributed by atoms with E-state index in [1.54, 1.807) is 7.05 Å². The van der Waals surface area contributed by atoms with Gasteiger partial charge in [-0.1, -0.05) is 19.4 Å². The first-order valence-electron chi connectivity index (χ1n) is 4.79. The van der Waals surface area contributed by atoms with Crippen LogP contribution in [0.1, 0.15) is 25.7 Å². The second-order valence-corrected chi connectivity index (χ2v) is 3.83. The fourth-order valence-electron chi connectivity index (χ4n) is 2.36. The van der Waals surface area contributed by atoms with Crippen molar-refractivity contribution in [2.75, 3.05) is 7.05 Å². The number of hydrogen-bond acceptors (Lipinski definition) is 2. The minimum Gasteiger partial charge on any atom is -0.480 e. The zero-order valence-corrected chi connectivity index (χ0v) is 8.35. The average molecular weight is 201 g/mol. The fourth-order valence-corrected chi connectivity index (χ4v) is 2.36. The highest BCUT2D eigenvalue weighted by atomic mass is 19.1. The SMILES string of the molecule is C=C(F)C1(C(NC)C(=O)O)CCCC1. The average Bonchev–Trinajstić information content (AvgIpc) is 2.54. The molecule has 14 heavy (non-hydrogen) atoms. The van der Waals surface area contributed by atoms with Crippen molar-refractivity contribution in [1.82, 2.24) is 5.32 Å². The van der Waals surface area contributed by atoms with Crippen LogP contribution in [0.15, 0.2) is 12.4 Å². The van der Waals surface area contributed by atoms with Crippen LogP contribution in [-0.4, -0.2) is 24.2 Å². The first kappa shape index (κ1) is 11.2. The van der Waals surface area contributed by atoms with Gasteiger partial charge < -0.3 is 10.4 Å². The van der Waals surface area contributed by atoms with Crippen molar-refractivity contribution in [2.24, 2.45) is 5.41 Å². The summed E-state index contributed by atoms with van der Waals surface area (Å²) >= 11 is 0. The maximum absolute atomic E-state index is 13.4. The maximum Gasteiger partial charge on any atom is 0.321 e. The highest BCUT2D eigenvalue weighted by Crippen LogP contribution is 2.46. The smallest absolute Gasteiger partial charge is 0.321 e. The third kappa shape index (κ3) is 1.66. The van der Waals surface area contributed by atoms with Gasteiger partial charge in [-0.3, -0.25) is 4.79 Å². The predicted molar refractivity (Wildman–Crippen MR) is 51.6 cm³/mol. The van der Waals surface area contributed by atoms with E-state index < -0.39 is 23.3 Å². The summed E-state index contributed by atoms with van der Waals surface area (Å²) in [6.45, 7) is 3.29. The molecule has 0 aromatic rings. The van der Waals surface area contributed by atoms with Gasteiger partial charge in [-0.25, -0.2) is 4.39 Å². The van der Waals surface area contributed by atoms with Crippen molar-refractivity contribution >= 4 is 5.97 Å². The molecule has 4 heteroatoms. The Morgan fingerprint density at radius 3 is 2.36 bits per heavy atom. The van der Waals surface area contributed by atoms with E-state index in [0.29, 0.717) is 12.8 Å². The maximum atomic E-state index is 13.4. The lowest BCUT2D eigenvalue weighted by Crippen LogP contribution is -2.48. The topological polar surface area (TPSA) is 49.3 Å². The van der Waals surface area contributed by atoms with Crippen LogP contribution in [0.3, 0.4) is 0 Å². The first-order chi connectivity index (χ1) is 6.54. The molecule has 1 atom stereocenters. The van der Waals surface area contributed by atoms with Gasteiger partial charge in [0.05, 0.1) is 0 Å². The van der Waals surface area contributed by atoms with Crippen molar-refractivity contribution < 1.29 is 14.3 Å². The van der Waals surface area contributed by atoms with Gasteiger partial charge in [0.25, 0.3) is 0 Å². The van der Waals surface area contributed by atoms with Crippen molar-refractivity contribution in [3.8, 4) is 0 Å². The van der Waals surface area contributed by atoms with E-state index >= 15 is 0 Å². The number of halogens is 1. The Morgan fingerprint density at radius 2 is 2.07 bits per heavy atom. The van der Waals surface area contributed by atoms with Crippen LogP contribution in [0.4, 0.5) is 4.39 Å². The van der Waals surface area contributed by atoms with Crippen molar-refractivity contribution in [1.29, 1.82) is 0 Å². The van der Waals surface area contributed by atoms with E-state index in [9.17, 15) is 9.18 Å². The van der Waals surface area contributed by atoms with Crippen molar-refractivity contribution in [3.05, 3.63) is 12.4 Å². The lowest BCUT2D eigenvalue weighted by Gasteiger charge is -2.32. The molecular weight excluding hydrogens is 185 g/mol. The number of hydrogen-bond donors (Lipinski definition) is 2. The Bertz CT molecular complexity index is 247. The Morgan fingerprint density at radius 1 is 1.57 bits per heavy atom. The number of aliphatic carboxylic acids is 1. The highest BCUT2D eigenvalue weighted by Gasteiger charge is 2.47. The summed E-state index contributed by atoms with van der Waals surface area (Å²) in [5.41, 5.74) is -0.888. The molecule has 0 aromatic carbocycles. The first-order valence-corrected chi connectivity index (χ1v) is 4.79. The van der Waals surface area contributed by atoms with Crippen LogP contribution in [-0.2, 0) is 4.79 Å². The van der Waals surface area contributed by atoms with E-state index in [0.717, 1.165) is 12.8 Å². The largest absolute Gasteiger partial charge is 0.480 e. The Balaban J connectivity index is 2.96. The molecule has 1 rings (SSSR count). The predicted octanol–water partition coefficient (Wildman–Crippen LogP) is 1.70. The van der Waals surface area contributed by atoms with E-state index in [2.05, 4.69) is 11.9 Å². The van der Waals surface area contributed by atoms with Gasteiger partial charge in [0.2, 0.25) is 0 Å². The molecule has 1 saturated carbocycles. The van der Waals surface area contributed by atoms with Gasteiger partial charge >= 0.3 is 5.97 Å². The zero-order chi connectivity index (χ0) is 10.8. The third-order valence-corrected chi connectivity index (χ3v) is 3.12. The van der Waals surface area contributed by atoms with Gasteiger partial charge in [0.15, 0.2) is 0 Å².